The van der Waals surface area contributed by atoms with Gasteiger partial charge in [-0.15, -0.1) is 0 Å². The third kappa shape index (κ3) is 2.90. The SMILES string of the molecule is COC1CCC(N2CC(c3ccccc3)NCC2C)C1. The van der Waals surface area contributed by atoms with Crippen molar-refractivity contribution in [3.8, 4) is 0 Å². The van der Waals surface area contributed by atoms with Gasteiger partial charge in [0, 0.05) is 38.3 Å². The molecule has 4 atom stereocenters. The third-order valence-corrected chi connectivity index (χ3v) is 4.98. The van der Waals surface area contributed by atoms with Crippen LogP contribution < -0.4 is 5.32 Å². The number of methoxy groups -OCH3 is 1. The molecule has 4 unspecified atom stereocenters. The summed E-state index contributed by atoms with van der Waals surface area (Å²) in [6, 6.07) is 12.6. The molecule has 2 fully saturated rings. The smallest absolute Gasteiger partial charge is 0.0586 e. The first-order valence-electron chi connectivity index (χ1n) is 7.85. The average Bonchev–Trinajstić information content (AvgIpc) is 2.97. The fourth-order valence-corrected chi connectivity index (χ4v) is 3.74. The molecule has 110 valence electrons. The molecule has 0 spiro atoms. The summed E-state index contributed by atoms with van der Waals surface area (Å²) in [4.78, 5) is 2.70. The predicted molar refractivity (Wildman–Crippen MR) is 81.8 cm³/mol. The minimum atomic E-state index is 0.467. The molecule has 1 aliphatic carbocycles. The Morgan fingerprint density at radius 1 is 1.20 bits per heavy atom. The summed E-state index contributed by atoms with van der Waals surface area (Å²) >= 11 is 0. The van der Waals surface area contributed by atoms with Crippen molar-refractivity contribution in [2.45, 2.75) is 50.4 Å². The maximum absolute atomic E-state index is 5.54. The van der Waals surface area contributed by atoms with E-state index in [1.165, 1.54) is 24.8 Å². The largest absolute Gasteiger partial charge is 0.381 e. The van der Waals surface area contributed by atoms with Gasteiger partial charge in [-0.25, -0.2) is 0 Å². The number of piperazine rings is 1. The molecule has 1 saturated carbocycles. The van der Waals surface area contributed by atoms with Crippen molar-refractivity contribution in [2.75, 3.05) is 20.2 Å². The first-order valence-corrected chi connectivity index (χ1v) is 7.85. The summed E-state index contributed by atoms with van der Waals surface area (Å²) in [6.07, 6.45) is 4.16. The van der Waals surface area contributed by atoms with Gasteiger partial charge in [0.1, 0.15) is 0 Å². The summed E-state index contributed by atoms with van der Waals surface area (Å²) < 4.78 is 5.54. The summed E-state index contributed by atoms with van der Waals surface area (Å²) in [5, 5.41) is 3.69. The van der Waals surface area contributed by atoms with Crippen LogP contribution in [-0.2, 0) is 4.74 Å². The summed E-state index contributed by atoms with van der Waals surface area (Å²) in [5.41, 5.74) is 1.41. The van der Waals surface area contributed by atoms with Gasteiger partial charge in [0.25, 0.3) is 0 Å². The Kier molecular flexibility index (Phi) is 4.39. The number of benzene rings is 1. The Hall–Kier alpha value is -0.900. The van der Waals surface area contributed by atoms with Crippen molar-refractivity contribution < 1.29 is 4.74 Å². The van der Waals surface area contributed by atoms with Crippen molar-refractivity contribution in [3.05, 3.63) is 35.9 Å². The normalized spacial score (nSPS) is 35.3. The van der Waals surface area contributed by atoms with Crippen molar-refractivity contribution in [2.24, 2.45) is 0 Å². The van der Waals surface area contributed by atoms with E-state index in [0.29, 0.717) is 24.2 Å². The highest BCUT2D eigenvalue weighted by Gasteiger charge is 2.35. The van der Waals surface area contributed by atoms with Gasteiger partial charge < -0.3 is 10.1 Å². The monoisotopic (exact) mass is 274 g/mol. The Balaban J connectivity index is 1.68. The lowest BCUT2D eigenvalue weighted by molar-refractivity contribution is 0.0685. The molecule has 3 nitrogen and oxygen atoms in total. The van der Waals surface area contributed by atoms with Crippen LogP contribution in [0, 0.1) is 0 Å². The third-order valence-electron chi connectivity index (χ3n) is 4.98. The summed E-state index contributed by atoms with van der Waals surface area (Å²) in [6.45, 7) is 4.54. The fourth-order valence-electron chi connectivity index (χ4n) is 3.74. The standard InChI is InChI=1S/C17H26N2O/c1-13-11-18-17(14-6-4-3-5-7-14)12-19(13)15-8-9-16(10-15)20-2/h3-7,13,15-18H,8-12H2,1-2H3. The second kappa shape index (κ2) is 6.25. The molecule has 1 N–H and O–H groups in total. The van der Waals surface area contributed by atoms with E-state index in [1.807, 2.05) is 7.11 Å². The molecule has 1 heterocycles. The van der Waals surface area contributed by atoms with Crippen molar-refractivity contribution in [1.29, 1.82) is 0 Å². The molecule has 3 rings (SSSR count). The lowest BCUT2D eigenvalue weighted by atomic mass is 10.00. The molecule has 0 radical (unpaired) electrons. The quantitative estimate of drug-likeness (QED) is 0.917. The van der Waals surface area contributed by atoms with Crippen molar-refractivity contribution in [1.82, 2.24) is 10.2 Å². The topological polar surface area (TPSA) is 24.5 Å². The van der Waals surface area contributed by atoms with Crippen LogP contribution in [-0.4, -0.2) is 43.3 Å². The van der Waals surface area contributed by atoms with Crippen molar-refractivity contribution in [3.63, 3.8) is 0 Å². The number of hydrogen-bond acceptors (Lipinski definition) is 3. The van der Waals surface area contributed by atoms with Crippen LogP contribution in [0.4, 0.5) is 0 Å². The maximum atomic E-state index is 5.54. The van der Waals surface area contributed by atoms with Crippen molar-refractivity contribution >= 4 is 0 Å². The van der Waals surface area contributed by atoms with Gasteiger partial charge in [-0.3, -0.25) is 4.90 Å². The minimum absolute atomic E-state index is 0.467. The van der Waals surface area contributed by atoms with E-state index in [-0.39, 0.29) is 0 Å². The first kappa shape index (κ1) is 14.1. The van der Waals surface area contributed by atoms with Crippen LogP contribution in [0.5, 0.6) is 0 Å². The van der Waals surface area contributed by atoms with Gasteiger partial charge in [-0.05, 0) is 31.7 Å². The van der Waals surface area contributed by atoms with E-state index >= 15 is 0 Å². The molecule has 0 bridgehead atoms. The summed E-state index contributed by atoms with van der Waals surface area (Å²) in [5.74, 6) is 0. The minimum Gasteiger partial charge on any atom is -0.381 e. The highest BCUT2D eigenvalue weighted by Crippen LogP contribution is 2.30. The fraction of sp³-hybridized carbons (Fsp3) is 0.647. The maximum Gasteiger partial charge on any atom is 0.0586 e. The van der Waals surface area contributed by atoms with Gasteiger partial charge in [-0.2, -0.15) is 0 Å². The van der Waals surface area contributed by atoms with E-state index in [4.69, 9.17) is 4.74 Å². The Morgan fingerprint density at radius 3 is 2.70 bits per heavy atom. The van der Waals surface area contributed by atoms with Crippen LogP contribution in [0.2, 0.25) is 0 Å². The lowest BCUT2D eigenvalue weighted by Gasteiger charge is -2.42. The first-order chi connectivity index (χ1) is 9.78. The highest BCUT2D eigenvalue weighted by atomic mass is 16.5. The molecule has 3 heteroatoms. The number of rotatable bonds is 3. The van der Waals surface area contributed by atoms with Gasteiger partial charge in [0.15, 0.2) is 0 Å². The molecule has 0 aromatic heterocycles. The molecule has 1 aliphatic heterocycles. The Bertz CT molecular complexity index is 422. The van der Waals surface area contributed by atoms with Crippen LogP contribution >= 0.6 is 0 Å². The van der Waals surface area contributed by atoms with Crippen LogP contribution in [0.25, 0.3) is 0 Å². The molecule has 1 aromatic carbocycles. The van der Waals surface area contributed by atoms with Crippen LogP contribution in [0.3, 0.4) is 0 Å². The number of nitrogens with one attached hydrogen (secondary N) is 1. The zero-order chi connectivity index (χ0) is 13.9. The molecule has 1 saturated heterocycles. The lowest BCUT2D eigenvalue weighted by Crippen LogP contribution is -2.54. The van der Waals surface area contributed by atoms with Gasteiger partial charge in [-0.1, -0.05) is 30.3 Å². The molecule has 1 aromatic rings. The predicted octanol–water partition coefficient (Wildman–Crippen LogP) is 2.59. The number of hydrogen-bond donors (Lipinski definition) is 1. The molecule has 0 amide bonds. The molecule has 2 aliphatic rings. The zero-order valence-electron chi connectivity index (χ0n) is 12.6. The summed E-state index contributed by atoms with van der Waals surface area (Å²) in [7, 11) is 1.85. The van der Waals surface area contributed by atoms with Crippen LogP contribution in [0.15, 0.2) is 30.3 Å². The van der Waals surface area contributed by atoms with E-state index in [0.717, 1.165) is 13.1 Å². The van der Waals surface area contributed by atoms with E-state index < -0.39 is 0 Å². The number of nitrogens with zero attached hydrogens (tertiary/aromatic N) is 1. The number of ether oxygens (including phenoxy) is 1. The Morgan fingerprint density at radius 2 is 2.00 bits per heavy atom. The molecular weight excluding hydrogens is 248 g/mol. The second-order valence-electron chi connectivity index (χ2n) is 6.24. The van der Waals surface area contributed by atoms with Gasteiger partial charge in [0.05, 0.1) is 6.10 Å². The van der Waals surface area contributed by atoms with E-state index in [1.54, 1.807) is 0 Å². The molecular formula is C17H26N2O. The Labute approximate surface area is 122 Å². The van der Waals surface area contributed by atoms with Crippen LogP contribution in [0.1, 0.15) is 37.8 Å². The van der Waals surface area contributed by atoms with Gasteiger partial charge >= 0.3 is 0 Å². The zero-order valence-corrected chi connectivity index (χ0v) is 12.6. The van der Waals surface area contributed by atoms with E-state index in [2.05, 4.69) is 47.5 Å². The van der Waals surface area contributed by atoms with Gasteiger partial charge in [0.2, 0.25) is 0 Å². The average molecular weight is 274 g/mol. The van der Waals surface area contributed by atoms with E-state index in [9.17, 15) is 0 Å². The highest BCUT2D eigenvalue weighted by molar-refractivity contribution is 5.20. The second-order valence-corrected chi connectivity index (χ2v) is 6.24. The molecule has 20 heavy (non-hydrogen) atoms.